The Morgan fingerprint density at radius 1 is 1.56 bits per heavy atom. The smallest absolute Gasteiger partial charge is 0.270 e. The average molecular weight is 256 g/mol. The maximum Gasteiger partial charge on any atom is 0.270 e. The molecule has 1 aromatic carbocycles. The molecule has 0 saturated carbocycles. The Morgan fingerprint density at radius 3 is 2.67 bits per heavy atom. The summed E-state index contributed by atoms with van der Waals surface area (Å²) in [5, 5.41) is 21.9. The van der Waals surface area contributed by atoms with Gasteiger partial charge in [0.1, 0.15) is 5.82 Å². The summed E-state index contributed by atoms with van der Waals surface area (Å²) in [5.74, 6) is -1.66. The second kappa shape index (κ2) is 5.09. The van der Waals surface area contributed by atoms with E-state index in [9.17, 15) is 19.3 Å². The zero-order chi connectivity index (χ0) is 13.9. The van der Waals surface area contributed by atoms with Gasteiger partial charge in [-0.1, -0.05) is 0 Å². The standard InChI is InChI=1S/C11H13FN2O4/c1-11(2,6-15)13-10(16)8-5-7(14(17)18)3-4-9(8)12/h3-5,15H,6H2,1-2H3,(H,13,16). The van der Waals surface area contributed by atoms with Gasteiger partial charge in [0.15, 0.2) is 0 Å². The van der Waals surface area contributed by atoms with E-state index in [0.29, 0.717) is 0 Å². The number of hydrogen-bond donors (Lipinski definition) is 2. The minimum Gasteiger partial charge on any atom is -0.394 e. The van der Waals surface area contributed by atoms with Crippen molar-refractivity contribution in [1.29, 1.82) is 0 Å². The Hall–Kier alpha value is -2.02. The lowest BCUT2D eigenvalue weighted by Crippen LogP contribution is -2.46. The Bertz CT molecular complexity index is 488. The van der Waals surface area contributed by atoms with Gasteiger partial charge in [0.2, 0.25) is 0 Å². The second-order valence-corrected chi connectivity index (χ2v) is 4.42. The highest BCUT2D eigenvalue weighted by Gasteiger charge is 2.23. The minimum absolute atomic E-state index is 0.338. The summed E-state index contributed by atoms with van der Waals surface area (Å²) >= 11 is 0. The maximum absolute atomic E-state index is 13.4. The molecule has 1 rings (SSSR count). The number of halogens is 1. The highest BCUT2D eigenvalue weighted by Crippen LogP contribution is 2.17. The van der Waals surface area contributed by atoms with Gasteiger partial charge in [-0.15, -0.1) is 0 Å². The molecule has 0 aliphatic carbocycles. The highest BCUT2D eigenvalue weighted by molar-refractivity contribution is 5.95. The maximum atomic E-state index is 13.4. The van der Waals surface area contributed by atoms with Crippen molar-refractivity contribution in [2.75, 3.05) is 6.61 Å². The highest BCUT2D eigenvalue weighted by atomic mass is 19.1. The average Bonchev–Trinajstić information content (AvgIpc) is 2.28. The van der Waals surface area contributed by atoms with Crippen LogP contribution in [0.2, 0.25) is 0 Å². The van der Waals surface area contributed by atoms with Crippen molar-refractivity contribution < 1.29 is 19.2 Å². The van der Waals surface area contributed by atoms with Gasteiger partial charge < -0.3 is 10.4 Å². The Balaban J connectivity index is 3.05. The van der Waals surface area contributed by atoms with Gasteiger partial charge in [0.25, 0.3) is 11.6 Å². The van der Waals surface area contributed by atoms with Crippen LogP contribution in [0.3, 0.4) is 0 Å². The summed E-state index contributed by atoms with van der Waals surface area (Å²) in [5.41, 5.74) is -1.73. The summed E-state index contributed by atoms with van der Waals surface area (Å²) in [4.78, 5) is 21.6. The quantitative estimate of drug-likeness (QED) is 0.626. The van der Waals surface area contributed by atoms with Crippen LogP contribution < -0.4 is 5.32 Å². The number of carbonyl (C=O) groups is 1. The van der Waals surface area contributed by atoms with Crippen molar-refractivity contribution in [1.82, 2.24) is 5.32 Å². The molecule has 0 spiro atoms. The Labute approximate surface area is 103 Å². The van der Waals surface area contributed by atoms with Gasteiger partial charge in [-0.25, -0.2) is 4.39 Å². The molecule has 0 radical (unpaired) electrons. The molecule has 0 heterocycles. The van der Waals surface area contributed by atoms with E-state index in [1.165, 1.54) is 0 Å². The van der Waals surface area contributed by atoms with Gasteiger partial charge in [0.05, 0.1) is 22.6 Å². The van der Waals surface area contributed by atoms with Crippen LogP contribution in [0.15, 0.2) is 18.2 Å². The van der Waals surface area contributed by atoms with Crippen LogP contribution in [0.1, 0.15) is 24.2 Å². The van der Waals surface area contributed by atoms with Gasteiger partial charge >= 0.3 is 0 Å². The predicted molar refractivity (Wildman–Crippen MR) is 61.7 cm³/mol. The number of nitro benzene ring substituents is 1. The summed E-state index contributed by atoms with van der Waals surface area (Å²) < 4.78 is 13.4. The normalized spacial score (nSPS) is 11.1. The Kier molecular flexibility index (Phi) is 3.97. The fraction of sp³-hybridized carbons (Fsp3) is 0.364. The number of nitrogens with one attached hydrogen (secondary N) is 1. The fourth-order valence-electron chi connectivity index (χ4n) is 1.22. The van der Waals surface area contributed by atoms with Crippen molar-refractivity contribution in [3.8, 4) is 0 Å². The van der Waals surface area contributed by atoms with E-state index in [0.717, 1.165) is 18.2 Å². The molecule has 1 amide bonds. The molecule has 0 aliphatic rings. The van der Waals surface area contributed by atoms with Crippen molar-refractivity contribution in [3.63, 3.8) is 0 Å². The fourth-order valence-corrected chi connectivity index (χ4v) is 1.22. The molecular weight excluding hydrogens is 243 g/mol. The van der Waals surface area contributed by atoms with E-state index in [4.69, 9.17) is 5.11 Å². The van der Waals surface area contributed by atoms with Crippen LogP contribution in [0.5, 0.6) is 0 Å². The zero-order valence-electron chi connectivity index (χ0n) is 9.94. The molecule has 7 heteroatoms. The van der Waals surface area contributed by atoms with Crippen molar-refractivity contribution in [2.45, 2.75) is 19.4 Å². The first-order valence-electron chi connectivity index (χ1n) is 5.14. The third kappa shape index (κ3) is 3.24. The van der Waals surface area contributed by atoms with Crippen molar-refractivity contribution >= 4 is 11.6 Å². The summed E-state index contributed by atoms with van der Waals surface area (Å²) in [7, 11) is 0. The summed E-state index contributed by atoms with van der Waals surface area (Å²) in [6.45, 7) is 2.75. The number of aliphatic hydroxyl groups is 1. The first-order valence-corrected chi connectivity index (χ1v) is 5.14. The number of non-ortho nitro benzene ring substituents is 1. The van der Waals surface area contributed by atoms with Gasteiger partial charge in [-0.05, 0) is 19.9 Å². The topological polar surface area (TPSA) is 92.5 Å². The summed E-state index contributed by atoms with van der Waals surface area (Å²) in [6.07, 6.45) is 0. The van der Waals surface area contributed by atoms with Gasteiger partial charge in [-0.2, -0.15) is 0 Å². The number of nitro groups is 1. The molecule has 18 heavy (non-hydrogen) atoms. The molecule has 2 N–H and O–H groups in total. The lowest BCUT2D eigenvalue weighted by Gasteiger charge is -2.23. The number of amides is 1. The van der Waals surface area contributed by atoms with Crippen LogP contribution in [0.4, 0.5) is 10.1 Å². The third-order valence-corrected chi connectivity index (χ3v) is 2.25. The van der Waals surface area contributed by atoms with E-state index in [-0.39, 0.29) is 12.3 Å². The minimum atomic E-state index is -0.936. The van der Waals surface area contributed by atoms with E-state index >= 15 is 0 Å². The number of benzene rings is 1. The zero-order valence-corrected chi connectivity index (χ0v) is 9.94. The van der Waals surface area contributed by atoms with Crippen molar-refractivity contribution in [2.24, 2.45) is 0 Å². The third-order valence-electron chi connectivity index (χ3n) is 2.25. The van der Waals surface area contributed by atoms with Crippen LogP contribution in [0, 0.1) is 15.9 Å². The number of aliphatic hydroxyl groups excluding tert-OH is 1. The largest absolute Gasteiger partial charge is 0.394 e. The first kappa shape index (κ1) is 14.0. The molecule has 0 saturated heterocycles. The monoisotopic (exact) mass is 256 g/mol. The van der Waals surface area contributed by atoms with Crippen LogP contribution in [0.25, 0.3) is 0 Å². The number of hydrogen-bond acceptors (Lipinski definition) is 4. The lowest BCUT2D eigenvalue weighted by atomic mass is 10.1. The molecule has 98 valence electrons. The number of rotatable bonds is 4. The SMILES string of the molecule is CC(C)(CO)NC(=O)c1cc([N+](=O)[O-])ccc1F. The van der Waals surface area contributed by atoms with E-state index < -0.39 is 27.8 Å². The lowest BCUT2D eigenvalue weighted by molar-refractivity contribution is -0.384. The van der Waals surface area contributed by atoms with Gasteiger partial charge in [-0.3, -0.25) is 14.9 Å². The van der Waals surface area contributed by atoms with Crippen LogP contribution >= 0.6 is 0 Å². The van der Waals surface area contributed by atoms with Crippen molar-refractivity contribution in [3.05, 3.63) is 39.7 Å². The van der Waals surface area contributed by atoms with E-state index in [1.807, 2.05) is 0 Å². The predicted octanol–water partition coefficient (Wildman–Crippen LogP) is 1.23. The Morgan fingerprint density at radius 2 is 2.17 bits per heavy atom. The van der Waals surface area contributed by atoms with E-state index in [2.05, 4.69) is 5.32 Å². The van der Waals surface area contributed by atoms with Crippen LogP contribution in [-0.4, -0.2) is 28.1 Å². The number of nitrogens with zero attached hydrogens (tertiary/aromatic N) is 1. The molecule has 0 aliphatic heterocycles. The molecule has 1 aromatic rings. The summed E-state index contributed by atoms with van der Waals surface area (Å²) in [6, 6.07) is 2.69. The first-order chi connectivity index (χ1) is 8.26. The van der Waals surface area contributed by atoms with E-state index in [1.54, 1.807) is 13.8 Å². The molecular formula is C11H13FN2O4. The number of carbonyl (C=O) groups excluding carboxylic acids is 1. The molecule has 0 unspecified atom stereocenters. The van der Waals surface area contributed by atoms with Gasteiger partial charge in [0, 0.05) is 12.1 Å². The molecule has 0 aromatic heterocycles. The molecule has 0 bridgehead atoms. The molecule has 0 fully saturated rings. The molecule has 0 atom stereocenters. The van der Waals surface area contributed by atoms with Crippen LogP contribution in [-0.2, 0) is 0 Å². The second-order valence-electron chi connectivity index (χ2n) is 4.42. The molecule has 6 nitrogen and oxygen atoms in total.